The number of rotatable bonds is 6. The Morgan fingerprint density at radius 2 is 2.06 bits per heavy atom. The molecule has 35 heavy (non-hydrogen) atoms. The number of hydrogen-bond acceptors (Lipinski definition) is 6. The monoisotopic (exact) mass is 475 g/mol. The summed E-state index contributed by atoms with van der Waals surface area (Å²) in [6.07, 6.45) is 10.5. The van der Waals surface area contributed by atoms with Gasteiger partial charge in [0.05, 0.1) is 18.8 Å². The summed E-state index contributed by atoms with van der Waals surface area (Å²) >= 11 is 0. The van der Waals surface area contributed by atoms with Gasteiger partial charge >= 0.3 is 0 Å². The minimum atomic E-state index is -0.372. The SMILES string of the molecule is O=C(NCc1cc(F)cc(-c2cnn(C3CCOC3)c2)c1)c1ncnc2nc(C3CCCC3)[nH]c12. The zero-order valence-corrected chi connectivity index (χ0v) is 19.2. The van der Waals surface area contributed by atoms with E-state index in [4.69, 9.17) is 4.74 Å². The van der Waals surface area contributed by atoms with Crippen molar-refractivity contribution in [2.45, 2.75) is 50.6 Å². The van der Waals surface area contributed by atoms with Crippen LogP contribution in [0.25, 0.3) is 22.3 Å². The Morgan fingerprint density at radius 3 is 2.89 bits per heavy atom. The van der Waals surface area contributed by atoms with Crippen molar-refractivity contribution >= 4 is 17.1 Å². The van der Waals surface area contributed by atoms with Gasteiger partial charge in [0.1, 0.15) is 23.5 Å². The first-order valence-electron chi connectivity index (χ1n) is 12.0. The standard InChI is InChI=1S/C25H26FN7O2/c26-19-8-15(7-17(9-19)18-11-30-33(12-18)20-5-6-35-13-20)10-27-25(34)22-21-24(29-14-28-22)32-23(31-21)16-3-1-2-4-16/h7-9,11-12,14,16,20H,1-6,10,13H2,(H,27,34)(H,28,29,31,32). The molecule has 1 aromatic carbocycles. The van der Waals surface area contributed by atoms with E-state index < -0.39 is 0 Å². The summed E-state index contributed by atoms with van der Waals surface area (Å²) in [5.74, 6) is 0.504. The number of imidazole rings is 1. The lowest BCUT2D eigenvalue weighted by molar-refractivity contribution is 0.0947. The average molecular weight is 476 g/mol. The molecule has 1 aliphatic carbocycles. The van der Waals surface area contributed by atoms with Crippen LogP contribution in [0, 0.1) is 5.82 Å². The molecular formula is C25H26FN7O2. The Labute approximate surface area is 201 Å². The van der Waals surface area contributed by atoms with E-state index in [0.717, 1.165) is 37.3 Å². The molecular weight excluding hydrogens is 449 g/mol. The molecule has 1 atom stereocenters. The van der Waals surface area contributed by atoms with Crippen LogP contribution in [0.2, 0.25) is 0 Å². The van der Waals surface area contributed by atoms with Crippen LogP contribution in [0.3, 0.4) is 0 Å². The number of amides is 1. The molecule has 0 spiro atoms. The topological polar surface area (TPSA) is 111 Å². The molecule has 4 aromatic rings. The van der Waals surface area contributed by atoms with Gasteiger partial charge in [0.2, 0.25) is 0 Å². The smallest absolute Gasteiger partial charge is 0.272 e. The fourth-order valence-corrected chi connectivity index (χ4v) is 5.01. The third-order valence-corrected chi connectivity index (χ3v) is 6.89. The highest BCUT2D eigenvalue weighted by Crippen LogP contribution is 2.33. The number of fused-ring (bicyclic) bond motifs is 1. The maximum Gasteiger partial charge on any atom is 0.272 e. The molecule has 1 amide bonds. The van der Waals surface area contributed by atoms with Crippen molar-refractivity contribution in [3.8, 4) is 11.1 Å². The van der Waals surface area contributed by atoms with Crippen molar-refractivity contribution in [1.29, 1.82) is 0 Å². The van der Waals surface area contributed by atoms with Gasteiger partial charge in [-0.05, 0) is 48.6 Å². The highest BCUT2D eigenvalue weighted by atomic mass is 19.1. The van der Waals surface area contributed by atoms with Gasteiger partial charge in [0, 0.05) is 30.8 Å². The number of carbonyl (C=O) groups excluding carboxylic acids is 1. The van der Waals surface area contributed by atoms with E-state index in [1.54, 1.807) is 6.20 Å². The minimum absolute atomic E-state index is 0.156. The van der Waals surface area contributed by atoms with Gasteiger partial charge in [0.15, 0.2) is 11.3 Å². The highest BCUT2D eigenvalue weighted by molar-refractivity contribution is 6.02. The molecule has 2 aliphatic rings. The maximum atomic E-state index is 14.4. The van der Waals surface area contributed by atoms with E-state index >= 15 is 0 Å². The number of nitrogens with one attached hydrogen (secondary N) is 2. The van der Waals surface area contributed by atoms with Gasteiger partial charge < -0.3 is 15.0 Å². The van der Waals surface area contributed by atoms with Gasteiger partial charge in [-0.1, -0.05) is 12.8 Å². The van der Waals surface area contributed by atoms with Crippen molar-refractivity contribution in [3.63, 3.8) is 0 Å². The van der Waals surface area contributed by atoms with Crippen LogP contribution in [0.4, 0.5) is 4.39 Å². The quantitative estimate of drug-likeness (QED) is 0.438. The zero-order chi connectivity index (χ0) is 23.8. The number of aromatic amines is 1. The van der Waals surface area contributed by atoms with Crippen LogP contribution in [0.15, 0.2) is 36.9 Å². The van der Waals surface area contributed by atoms with Crippen LogP contribution >= 0.6 is 0 Å². The molecule has 1 saturated carbocycles. The molecule has 2 fully saturated rings. The fourth-order valence-electron chi connectivity index (χ4n) is 5.01. The molecule has 1 unspecified atom stereocenters. The maximum absolute atomic E-state index is 14.4. The van der Waals surface area contributed by atoms with Crippen molar-refractivity contribution in [2.24, 2.45) is 0 Å². The second-order valence-electron chi connectivity index (χ2n) is 9.28. The number of aromatic nitrogens is 6. The van der Waals surface area contributed by atoms with E-state index in [9.17, 15) is 9.18 Å². The molecule has 1 saturated heterocycles. The van der Waals surface area contributed by atoms with E-state index in [1.807, 2.05) is 16.9 Å². The molecule has 0 radical (unpaired) electrons. The zero-order valence-electron chi connectivity index (χ0n) is 19.2. The molecule has 180 valence electrons. The number of hydrogen-bond donors (Lipinski definition) is 2. The number of benzene rings is 1. The molecule has 4 heterocycles. The lowest BCUT2D eigenvalue weighted by atomic mass is 10.1. The second-order valence-corrected chi connectivity index (χ2v) is 9.28. The van der Waals surface area contributed by atoms with E-state index in [-0.39, 0.29) is 30.0 Å². The number of carbonyl (C=O) groups is 1. The first-order valence-corrected chi connectivity index (χ1v) is 12.0. The van der Waals surface area contributed by atoms with Crippen LogP contribution in [0.5, 0.6) is 0 Å². The second kappa shape index (κ2) is 9.18. The minimum Gasteiger partial charge on any atom is -0.379 e. The van der Waals surface area contributed by atoms with Crippen LogP contribution < -0.4 is 5.32 Å². The van der Waals surface area contributed by atoms with E-state index in [0.29, 0.717) is 34.8 Å². The van der Waals surface area contributed by atoms with Gasteiger partial charge in [-0.3, -0.25) is 9.48 Å². The van der Waals surface area contributed by atoms with Crippen molar-refractivity contribution in [1.82, 2.24) is 35.0 Å². The first-order chi connectivity index (χ1) is 17.1. The average Bonchev–Trinajstić information content (AvgIpc) is 3.68. The van der Waals surface area contributed by atoms with Crippen LogP contribution in [-0.2, 0) is 11.3 Å². The number of ether oxygens (including phenoxy) is 1. The molecule has 0 bridgehead atoms. The summed E-state index contributed by atoms with van der Waals surface area (Å²) < 4.78 is 21.7. The number of H-pyrrole nitrogens is 1. The van der Waals surface area contributed by atoms with Gasteiger partial charge in [-0.2, -0.15) is 5.10 Å². The molecule has 1 aliphatic heterocycles. The summed E-state index contributed by atoms with van der Waals surface area (Å²) in [6.45, 7) is 1.52. The number of halogens is 1. The van der Waals surface area contributed by atoms with Gasteiger partial charge in [-0.25, -0.2) is 19.3 Å². The molecule has 9 nitrogen and oxygen atoms in total. The number of nitrogens with zero attached hydrogens (tertiary/aromatic N) is 5. The first kappa shape index (κ1) is 21.8. The summed E-state index contributed by atoms with van der Waals surface area (Å²) in [6, 6.07) is 4.96. The van der Waals surface area contributed by atoms with Gasteiger partial charge in [0.25, 0.3) is 5.91 Å². The van der Waals surface area contributed by atoms with Crippen molar-refractivity contribution in [3.05, 3.63) is 59.8 Å². The highest BCUT2D eigenvalue weighted by Gasteiger charge is 2.23. The fraction of sp³-hybridized carbons (Fsp3) is 0.400. The third kappa shape index (κ3) is 4.41. The van der Waals surface area contributed by atoms with Crippen LogP contribution in [0.1, 0.15) is 65.9 Å². The molecule has 6 rings (SSSR count). The van der Waals surface area contributed by atoms with Crippen LogP contribution in [-0.4, -0.2) is 48.8 Å². The Morgan fingerprint density at radius 1 is 1.17 bits per heavy atom. The summed E-state index contributed by atoms with van der Waals surface area (Å²) in [7, 11) is 0. The largest absolute Gasteiger partial charge is 0.379 e. The van der Waals surface area contributed by atoms with Crippen molar-refractivity contribution < 1.29 is 13.9 Å². The Hall–Kier alpha value is -3.66. The van der Waals surface area contributed by atoms with Gasteiger partial charge in [-0.15, -0.1) is 0 Å². The normalized spacial score (nSPS) is 18.5. The molecule has 10 heteroatoms. The lowest BCUT2D eigenvalue weighted by Gasteiger charge is -2.08. The Bertz CT molecular complexity index is 1370. The predicted octanol–water partition coefficient (Wildman–Crippen LogP) is 3.90. The molecule has 3 aromatic heterocycles. The van der Waals surface area contributed by atoms with Crippen molar-refractivity contribution in [2.75, 3.05) is 13.2 Å². The predicted molar refractivity (Wildman–Crippen MR) is 126 cm³/mol. The summed E-state index contributed by atoms with van der Waals surface area (Å²) in [4.78, 5) is 29.3. The third-order valence-electron chi connectivity index (χ3n) is 6.89. The Balaban J connectivity index is 1.19. The van der Waals surface area contributed by atoms with E-state index in [2.05, 4.69) is 30.4 Å². The Kier molecular flexibility index (Phi) is 5.73. The summed E-state index contributed by atoms with van der Waals surface area (Å²) in [5, 5.41) is 7.29. The van der Waals surface area contributed by atoms with E-state index in [1.165, 1.54) is 31.3 Å². The molecule has 2 N–H and O–H groups in total. The summed E-state index contributed by atoms with van der Waals surface area (Å²) in [5.41, 5.74) is 3.44. The lowest BCUT2D eigenvalue weighted by Crippen LogP contribution is -2.24.